The van der Waals surface area contributed by atoms with E-state index in [0.29, 0.717) is 22.1 Å². The van der Waals surface area contributed by atoms with Crippen molar-refractivity contribution >= 4 is 45.6 Å². The van der Waals surface area contributed by atoms with Crippen LogP contribution in [0.5, 0.6) is 0 Å². The van der Waals surface area contributed by atoms with Gasteiger partial charge in [-0.05, 0) is 19.8 Å². The molecule has 24 heavy (non-hydrogen) atoms. The fourth-order valence-corrected chi connectivity index (χ4v) is 3.88. The van der Waals surface area contributed by atoms with Crippen LogP contribution in [0, 0.1) is 18.3 Å². The number of anilines is 1. The zero-order valence-corrected chi connectivity index (χ0v) is 15.2. The molecule has 2 aromatic rings. The van der Waals surface area contributed by atoms with Crippen molar-refractivity contribution in [2.45, 2.75) is 25.8 Å². The van der Waals surface area contributed by atoms with Crippen molar-refractivity contribution in [3.8, 4) is 6.07 Å². The molecule has 0 unspecified atom stereocenters. The Morgan fingerprint density at radius 3 is 2.71 bits per heavy atom. The third-order valence-corrected chi connectivity index (χ3v) is 5.84. The lowest BCUT2D eigenvalue weighted by Gasteiger charge is -2.32. The van der Waals surface area contributed by atoms with Crippen LogP contribution in [0.2, 0.25) is 10.0 Å². The van der Waals surface area contributed by atoms with Crippen molar-refractivity contribution in [1.29, 1.82) is 5.26 Å². The highest BCUT2D eigenvalue weighted by molar-refractivity contribution is 7.13. The van der Waals surface area contributed by atoms with E-state index in [0.717, 1.165) is 31.1 Å². The maximum atomic E-state index is 12.3. The molecule has 2 aromatic heterocycles. The SMILES string of the molecule is Cc1[nH]c(C(=O)NC2CCN(c3nc(C#N)cs3)CC2)c(Cl)c1Cl. The number of thiazole rings is 1. The van der Waals surface area contributed by atoms with E-state index in [1.165, 1.54) is 11.3 Å². The fraction of sp³-hybridized carbons (Fsp3) is 0.400. The number of aromatic nitrogens is 2. The van der Waals surface area contributed by atoms with Gasteiger partial charge in [0.2, 0.25) is 0 Å². The number of halogens is 2. The van der Waals surface area contributed by atoms with E-state index in [1.54, 1.807) is 12.3 Å². The van der Waals surface area contributed by atoms with E-state index in [9.17, 15) is 4.79 Å². The van der Waals surface area contributed by atoms with Gasteiger partial charge in [-0.15, -0.1) is 11.3 Å². The minimum absolute atomic E-state index is 0.0718. The van der Waals surface area contributed by atoms with Crippen LogP contribution in [0.1, 0.15) is 34.7 Å². The molecule has 1 amide bonds. The molecule has 0 aromatic carbocycles. The Morgan fingerprint density at radius 1 is 1.46 bits per heavy atom. The molecule has 126 valence electrons. The van der Waals surface area contributed by atoms with Gasteiger partial charge in [0.15, 0.2) is 10.8 Å². The number of aromatic amines is 1. The number of piperidine rings is 1. The van der Waals surface area contributed by atoms with Gasteiger partial charge in [-0.25, -0.2) is 4.98 Å². The minimum Gasteiger partial charge on any atom is -0.352 e. The second-order valence-electron chi connectivity index (χ2n) is 5.61. The normalized spacial score (nSPS) is 15.3. The molecule has 0 aliphatic carbocycles. The summed E-state index contributed by atoms with van der Waals surface area (Å²) < 4.78 is 0. The van der Waals surface area contributed by atoms with Crippen LogP contribution in [-0.4, -0.2) is 35.0 Å². The number of rotatable bonds is 3. The van der Waals surface area contributed by atoms with Crippen molar-refractivity contribution in [3.05, 3.63) is 32.5 Å². The lowest BCUT2D eigenvalue weighted by molar-refractivity contribution is 0.0926. The van der Waals surface area contributed by atoms with E-state index in [1.807, 2.05) is 6.07 Å². The monoisotopic (exact) mass is 383 g/mol. The Kier molecular flexibility index (Phi) is 4.99. The molecule has 6 nitrogen and oxygen atoms in total. The summed E-state index contributed by atoms with van der Waals surface area (Å²) in [6.07, 6.45) is 1.61. The van der Waals surface area contributed by atoms with Gasteiger partial charge in [0, 0.05) is 30.2 Å². The van der Waals surface area contributed by atoms with Crippen molar-refractivity contribution in [1.82, 2.24) is 15.3 Å². The zero-order chi connectivity index (χ0) is 17.3. The maximum absolute atomic E-state index is 12.3. The number of hydrogen-bond donors (Lipinski definition) is 2. The van der Waals surface area contributed by atoms with E-state index >= 15 is 0 Å². The summed E-state index contributed by atoms with van der Waals surface area (Å²) in [4.78, 5) is 21.7. The van der Waals surface area contributed by atoms with Crippen molar-refractivity contribution < 1.29 is 4.79 Å². The van der Waals surface area contributed by atoms with Gasteiger partial charge >= 0.3 is 0 Å². The van der Waals surface area contributed by atoms with Gasteiger partial charge in [-0.1, -0.05) is 23.2 Å². The Labute approximate surface area is 153 Å². The van der Waals surface area contributed by atoms with Crippen LogP contribution in [0.25, 0.3) is 0 Å². The predicted molar refractivity (Wildman–Crippen MR) is 95.1 cm³/mol. The van der Waals surface area contributed by atoms with Gasteiger partial charge in [-0.3, -0.25) is 4.79 Å². The summed E-state index contributed by atoms with van der Waals surface area (Å²) in [6, 6.07) is 2.11. The number of aryl methyl sites for hydroxylation is 1. The predicted octanol–water partition coefficient (Wildman–Crippen LogP) is 3.36. The average Bonchev–Trinajstić information content (AvgIpc) is 3.16. The number of nitriles is 1. The molecule has 3 rings (SSSR count). The first kappa shape index (κ1) is 17.1. The molecule has 3 heterocycles. The first-order valence-electron chi connectivity index (χ1n) is 7.44. The first-order chi connectivity index (χ1) is 11.5. The molecule has 0 saturated carbocycles. The molecule has 1 fully saturated rings. The fourth-order valence-electron chi connectivity index (χ4n) is 2.66. The smallest absolute Gasteiger partial charge is 0.269 e. The van der Waals surface area contributed by atoms with Crippen LogP contribution in [0.3, 0.4) is 0 Å². The molecule has 0 atom stereocenters. The summed E-state index contributed by atoms with van der Waals surface area (Å²) >= 11 is 13.6. The highest BCUT2D eigenvalue weighted by atomic mass is 35.5. The van der Waals surface area contributed by atoms with Crippen LogP contribution < -0.4 is 10.2 Å². The number of carbonyl (C=O) groups excluding carboxylic acids is 1. The van der Waals surface area contributed by atoms with Crippen LogP contribution in [0.4, 0.5) is 5.13 Å². The topological polar surface area (TPSA) is 84.8 Å². The van der Waals surface area contributed by atoms with Crippen LogP contribution in [0.15, 0.2) is 5.38 Å². The molecular weight excluding hydrogens is 369 g/mol. The number of amides is 1. The van der Waals surface area contributed by atoms with Gasteiger partial charge in [0.25, 0.3) is 5.91 Å². The lowest BCUT2D eigenvalue weighted by atomic mass is 10.1. The summed E-state index contributed by atoms with van der Waals surface area (Å²) in [5, 5.41) is 15.1. The lowest BCUT2D eigenvalue weighted by Crippen LogP contribution is -2.44. The van der Waals surface area contributed by atoms with Gasteiger partial charge in [0.05, 0.1) is 10.0 Å². The molecule has 1 saturated heterocycles. The number of hydrogen-bond acceptors (Lipinski definition) is 5. The third kappa shape index (κ3) is 3.36. The molecular formula is C15H15Cl2N5OS. The first-order valence-corrected chi connectivity index (χ1v) is 9.08. The zero-order valence-electron chi connectivity index (χ0n) is 12.9. The molecule has 0 bridgehead atoms. The Hall–Kier alpha value is -1.75. The standard InChI is InChI=1S/C15H15Cl2N5OS/c1-8-11(16)12(17)13(19-8)14(23)20-9-2-4-22(5-3-9)15-21-10(6-18)7-24-15/h7,9,19H,2-5H2,1H3,(H,20,23). The van der Waals surface area contributed by atoms with Crippen molar-refractivity contribution in [2.75, 3.05) is 18.0 Å². The summed E-state index contributed by atoms with van der Waals surface area (Å²) in [6.45, 7) is 3.33. The van der Waals surface area contributed by atoms with Crippen molar-refractivity contribution in [3.63, 3.8) is 0 Å². The number of H-pyrrole nitrogens is 1. The quantitative estimate of drug-likeness (QED) is 0.850. The van der Waals surface area contributed by atoms with E-state index in [-0.39, 0.29) is 17.0 Å². The number of carbonyl (C=O) groups is 1. The molecule has 1 aliphatic rings. The average molecular weight is 384 g/mol. The number of nitrogens with zero attached hydrogens (tertiary/aromatic N) is 3. The van der Waals surface area contributed by atoms with Crippen LogP contribution in [-0.2, 0) is 0 Å². The van der Waals surface area contributed by atoms with Gasteiger partial charge < -0.3 is 15.2 Å². The molecule has 0 spiro atoms. The largest absolute Gasteiger partial charge is 0.352 e. The van der Waals surface area contributed by atoms with Crippen molar-refractivity contribution in [2.24, 2.45) is 0 Å². The molecule has 0 radical (unpaired) electrons. The third-order valence-electron chi connectivity index (χ3n) is 3.99. The van der Waals surface area contributed by atoms with E-state index in [4.69, 9.17) is 28.5 Å². The van der Waals surface area contributed by atoms with E-state index in [2.05, 4.69) is 20.2 Å². The Balaban J connectivity index is 1.58. The molecule has 2 N–H and O–H groups in total. The highest BCUT2D eigenvalue weighted by Gasteiger charge is 2.25. The molecule has 9 heteroatoms. The second kappa shape index (κ2) is 7.01. The Morgan fingerprint density at radius 2 is 2.17 bits per heavy atom. The summed E-state index contributed by atoms with van der Waals surface area (Å²) in [5.74, 6) is -0.241. The number of nitrogens with one attached hydrogen (secondary N) is 2. The Bertz CT molecular complexity index is 801. The summed E-state index contributed by atoms with van der Waals surface area (Å²) in [5.41, 5.74) is 1.43. The highest BCUT2D eigenvalue weighted by Crippen LogP contribution is 2.29. The van der Waals surface area contributed by atoms with Crippen LogP contribution >= 0.6 is 34.5 Å². The van der Waals surface area contributed by atoms with Gasteiger partial charge in [0.1, 0.15) is 11.8 Å². The second-order valence-corrected chi connectivity index (χ2v) is 7.21. The van der Waals surface area contributed by atoms with Gasteiger partial charge in [-0.2, -0.15) is 5.26 Å². The maximum Gasteiger partial charge on any atom is 0.269 e. The van der Waals surface area contributed by atoms with E-state index < -0.39 is 0 Å². The minimum atomic E-state index is -0.241. The summed E-state index contributed by atoms with van der Waals surface area (Å²) in [7, 11) is 0. The molecule has 1 aliphatic heterocycles.